The summed E-state index contributed by atoms with van der Waals surface area (Å²) in [6.07, 6.45) is 0.916. The van der Waals surface area contributed by atoms with Crippen LogP contribution in [0.15, 0.2) is 35.2 Å². The molecule has 0 aromatic heterocycles. The molecule has 1 N–H and O–H groups in total. The summed E-state index contributed by atoms with van der Waals surface area (Å²) in [5.41, 5.74) is 0.407. The van der Waals surface area contributed by atoms with Crippen molar-refractivity contribution in [1.82, 2.24) is 0 Å². The van der Waals surface area contributed by atoms with E-state index in [-0.39, 0.29) is 10.5 Å². The Morgan fingerprint density at radius 3 is 2.32 bits per heavy atom. The number of non-ortho nitro benzene ring substituents is 1. The quantitative estimate of drug-likeness (QED) is 0.413. The SMILES string of the molecule is CCOc1cc(N2CCOCC2)c(OCC)cc1NC(=O)c1cc([N+](=O)[O-])cc(S(C)(=O)=O)c1. The van der Waals surface area contributed by atoms with Gasteiger partial charge in [-0.05, 0) is 19.9 Å². The summed E-state index contributed by atoms with van der Waals surface area (Å²) in [6, 6.07) is 6.44. The van der Waals surface area contributed by atoms with Crippen LogP contribution in [-0.4, -0.2) is 65.0 Å². The van der Waals surface area contributed by atoms with E-state index in [0.29, 0.717) is 56.7 Å². The van der Waals surface area contributed by atoms with Crippen LogP contribution >= 0.6 is 0 Å². The molecule has 0 aliphatic carbocycles. The molecule has 1 fully saturated rings. The number of rotatable bonds is 9. The number of hydrogen-bond donors (Lipinski definition) is 1. The van der Waals surface area contributed by atoms with Crippen LogP contribution in [-0.2, 0) is 14.6 Å². The number of benzene rings is 2. The molecule has 2 aromatic carbocycles. The Hall–Kier alpha value is -3.38. The summed E-state index contributed by atoms with van der Waals surface area (Å²) in [5, 5.41) is 14.0. The Bertz CT molecular complexity index is 1180. The topological polar surface area (TPSA) is 137 Å². The third kappa shape index (κ3) is 5.94. The monoisotopic (exact) mass is 493 g/mol. The molecule has 3 rings (SSSR count). The molecule has 1 heterocycles. The number of nitro groups is 1. The lowest BCUT2D eigenvalue weighted by molar-refractivity contribution is -0.385. The van der Waals surface area contributed by atoms with Gasteiger partial charge in [-0.3, -0.25) is 14.9 Å². The third-order valence-corrected chi connectivity index (χ3v) is 6.15. The molecule has 2 aromatic rings. The zero-order chi connectivity index (χ0) is 24.9. The molecule has 184 valence electrons. The second kappa shape index (κ2) is 10.7. The van der Waals surface area contributed by atoms with Crippen molar-refractivity contribution in [3.8, 4) is 11.5 Å². The zero-order valence-corrected chi connectivity index (χ0v) is 20.0. The maximum absolute atomic E-state index is 13.0. The van der Waals surface area contributed by atoms with E-state index in [4.69, 9.17) is 14.2 Å². The summed E-state index contributed by atoms with van der Waals surface area (Å²) < 4.78 is 40.9. The third-order valence-electron chi connectivity index (χ3n) is 5.05. The fraction of sp³-hybridized carbons (Fsp3) is 0.409. The van der Waals surface area contributed by atoms with Gasteiger partial charge in [0.25, 0.3) is 11.6 Å². The highest BCUT2D eigenvalue weighted by atomic mass is 32.2. The molecule has 34 heavy (non-hydrogen) atoms. The number of nitrogens with one attached hydrogen (secondary N) is 1. The predicted molar refractivity (Wildman–Crippen MR) is 126 cm³/mol. The molecule has 0 atom stereocenters. The van der Waals surface area contributed by atoms with Gasteiger partial charge in [0.05, 0.1) is 47.6 Å². The molecule has 1 aliphatic rings. The van der Waals surface area contributed by atoms with E-state index in [1.54, 1.807) is 19.1 Å². The van der Waals surface area contributed by atoms with Crippen LogP contribution < -0.4 is 19.7 Å². The summed E-state index contributed by atoms with van der Waals surface area (Å²) in [6.45, 7) is 6.84. The Labute approximate surface area is 197 Å². The molecule has 1 saturated heterocycles. The molecule has 1 aliphatic heterocycles. The van der Waals surface area contributed by atoms with Gasteiger partial charge in [-0.25, -0.2) is 8.42 Å². The average molecular weight is 494 g/mol. The van der Waals surface area contributed by atoms with E-state index < -0.39 is 26.4 Å². The number of ether oxygens (including phenoxy) is 3. The molecule has 11 nitrogen and oxygen atoms in total. The van der Waals surface area contributed by atoms with Crippen molar-refractivity contribution >= 4 is 32.8 Å². The van der Waals surface area contributed by atoms with Crippen molar-refractivity contribution in [3.05, 3.63) is 46.0 Å². The highest BCUT2D eigenvalue weighted by molar-refractivity contribution is 7.90. The summed E-state index contributed by atoms with van der Waals surface area (Å²) in [4.78, 5) is 25.3. The number of amides is 1. The Morgan fingerprint density at radius 1 is 1.09 bits per heavy atom. The maximum atomic E-state index is 13.0. The molecule has 0 saturated carbocycles. The van der Waals surface area contributed by atoms with Crippen molar-refractivity contribution in [1.29, 1.82) is 0 Å². The van der Waals surface area contributed by atoms with Gasteiger partial charge < -0.3 is 24.4 Å². The van der Waals surface area contributed by atoms with E-state index >= 15 is 0 Å². The smallest absolute Gasteiger partial charge is 0.271 e. The number of sulfone groups is 1. The minimum atomic E-state index is -3.78. The molecular formula is C22H27N3O8S. The molecule has 0 bridgehead atoms. The van der Waals surface area contributed by atoms with Crippen LogP contribution in [0.25, 0.3) is 0 Å². The number of nitro benzene ring substituents is 1. The lowest BCUT2D eigenvalue weighted by atomic mass is 10.1. The first-order valence-electron chi connectivity index (χ1n) is 10.7. The summed E-state index contributed by atoms with van der Waals surface area (Å²) in [5.74, 6) is 0.185. The van der Waals surface area contributed by atoms with Gasteiger partial charge in [-0.15, -0.1) is 0 Å². The van der Waals surface area contributed by atoms with Crippen LogP contribution in [0.5, 0.6) is 11.5 Å². The van der Waals surface area contributed by atoms with E-state index in [1.807, 2.05) is 6.92 Å². The van der Waals surface area contributed by atoms with Crippen LogP contribution in [0.2, 0.25) is 0 Å². The molecule has 1 amide bonds. The normalized spacial score (nSPS) is 13.9. The largest absolute Gasteiger partial charge is 0.492 e. The number of carbonyl (C=O) groups excluding carboxylic acids is 1. The first kappa shape index (κ1) is 25.2. The van der Waals surface area contributed by atoms with Crippen molar-refractivity contribution in [2.75, 3.05) is 56.0 Å². The predicted octanol–water partition coefficient (Wildman–Crippen LogP) is 2.88. The highest BCUT2D eigenvalue weighted by Crippen LogP contribution is 2.39. The Kier molecular flexibility index (Phi) is 7.94. The van der Waals surface area contributed by atoms with Gasteiger partial charge in [0, 0.05) is 49.2 Å². The number of anilines is 2. The van der Waals surface area contributed by atoms with Crippen molar-refractivity contribution < 1.29 is 32.3 Å². The highest BCUT2D eigenvalue weighted by Gasteiger charge is 2.23. The first-order chi connectivity index (χ1) is 16.1. The van der Waals surface area contributed by atoms with Gasteiger partial charge in [0.15, 0.2) is 9.84 Å². The molecule has 0 unspecified atom stereocenters. The number of carbonyl (C=O) groups is 1. The Balaban J connectivity index is 2.02. The van der Waals surface area contributed by atoms with Crippen molar-refractivity contribution in [3.63, 3.8) is 0 Å². The van der Waals surface area contributed by atoms with E-state index in [0.717, 1.165) is 30.1 Å². The Morgan fingerprint density at radius 2 is 1.74 bits per heavy atom. The van der Waals surface area contributed by atoms with E-state index in [1.165, 1.54) is 0 Å². The first-order valence-corrected chi connectivity index (χ1v) is 12.6. The van der Waals surface area contributed by atoms with E-state index in [9.17, 15) is 23.3 Å². The fourth-order valence-corrected chi connectivity index (χ4v) is 4.15. The van der Waals surface area contributed by atoms with Gasteiger partial charge >= 0.3 is 0 Å². The summed E-state index contributed by atoms with van der Waals surface area (Å²) in [7, 11) is -3.78. The zero-order valence-electron chi connectivity index (χ0n) is 19.2. The second-order valence-electron chi connectivity index (χ2n) is 7.48. The van der Waals surface area contributed by atoms with Crippen molar-refractivity contribution in [2.45, 2.75) is 18.7 Å². The average Bonchev–Trinajstić information content (AvgIpc) is 2.80. The molecule has 0 spiro atoms. The number of nitrogens with zero attached hydrogens (tertiary/aromatic N) is 2. The van der Waals surface area contributed by atoms with Crippen LogP contribution in [0.1, 0.15) is 24.2 Å². The minimum Gasteiger partial charge on any atom is -0.492 e. The van der Waals surface area contributed by atoms with Gasteiger partial charge in [-0.2, -0.15) is 0 Å². The van der Waals surface area contributed by atoms with Crippen LogP contribution in [0.4, 0.5) is 17.1 Å². The second-order valence-corrected chi connectivity index (χ2v) is 9.50. The lowest BCUT2D eigenvalue weighted by Crippen LogP contribution is -2.36. The van der Waals surface area contributed by atoms with Crippen LogP contribution in [0, 0.1) is 10.1 Å². The fourth-order valence-electron chi connectivity index (χ4n) is 3.47. The summed E-state index contributed by atoms with van der Waals surface area (Å²) >= 11 is 0. The van der Waals surface area contributed by atoms with Gasteiger partial charge in [0.2, 0.25) is 0 Å². The molecular weight excluding hydrogens is 466 g/mol. The molecule has 0 radical (unpaired) electrons. The van der Waals surface area contributed by atoms with E-state index in [2.05, 4.69) is 10.2 Å². The lowest BCUT2D eigenvalue weighted by Gasteiger charge is -2.31. The number of hydrogen-bond acceptors (Lipinski definition) is 9. The molecule has 12 heteroatoms. The van der Waals surface area contributed by atoms with Gasteiger partial charge in [-0.1, -0.05) is 0 Å². The van der Waals surface area contributed by atoms with Gasteiger partial charge in [0.1, 0.15) is 11.5 Å². The minimum absolute atomic E-state index is 0.174. The van der Waals surface area contributed by atoms with Crippen molar-refractivity contribution in [2.24, 2.45) is 0 Å². The standard InChI is InChI=1S/C22H27N3O8S/c1-4-32-20-14-19(24-6-8-31-9-7-24)21(33-5-2)13-18(20)23-22(26)15-10-16(25(27)28)12-17(11-15)34(3,29)30/h10-14H,4-9H2,1-3H3,(H,23,26). The number of morpholine rings is 1. The van der Waals surface area contributed by atoms with Crippen LogP contribution in [0.3, 0.4) is 0 Å². The maximum Gasteiger partial charge on any atom is 0.271 e.